The minimum absolute atomic E-state index is 0.220. The molecule has 11 heteroatoms. The Hall–Kier alpha value is -2.24. The van der Waals surface area contributed by atoms with Crippen molar-refractivity contribution in [3.8, 4) is 5.75 Å². The highest BCUT2D eigenvalue weighted by Crippen LogP contribution is 2.32. The van der Waals surface area contributed by atoms with Gasteiger partial charge in [0.1, 0.15) is 11.6 Å². The molecule has 1 fully saturated rings. The molecule has 0 radical (unpaired) electrons. The van der Waals surface area contributed by atoms with Crippen LogP contribution < -0.4 is 14.8 Å². The molecule has 0 aliphatic carbocycles. The molecule has 3 rings (SSSR count). The summed E-state index contributed by atoms with van der Waals surface area (Å²) >= 11 is 0. The van der Waals surface area contributed by atoms with Gasteiger partial charge in [-0.15, -0.1) is 13.2 Å². The van der Waals surface area contributed by atoms with E-state index in [0.29, 0.717) is 31.6 Å². The highest BCUT2D eigenvalue weighted by molar-refractivity contribution is 7.89. The molecule has 0 spiro atoms. The van der Waals surface area contributed by atoms with E-state index in [1.165, 1.54) is 12.1 Å². The fourth-order valence-corrected chi connectivity index (χ4v) is 4.49. The number of ether oxygens (including phenoxy) is 1. The molecule has 0 bridgehead atoms. The number of hydrogen-bond donors (Lipinski definition) is 2. The lowest BCUT2D eigenvalue weighted by atomic mass is 9.86. The summed E-state index contributed by atoms with van der Waals surface area (Å²) in [5.74, 6) is -1.07. The van der Waals surface area contributed by atoms with Crippen LogP contribution in [0, 0.1) is 5.82 Å². The molecule has 1 aliphatic rings. The van der Waals surface area contributed by atoms with E-state index in [-0.39, 0.29) is 4.90 Å². The minimum Gasteiger partial charge on any atom is -0.406 e. The zero-order valence-corrected chi connectivity index (χ0v) is 15.3. The van der Waals surface area contributed by atoms with E-state index in [4.69, 9.17) is 0 Å². The van der Waals surface area contributed by atoms with Crippen LogP contribution in [0.2, 0.25) is 0 Å². The summed E-state index contributed by atoms with van der Waals surface area (Å²) in [6, 6.07) is 6.51. The van der Waals surface area contributed by atoms with Crippen LogP contribution in [0.25, 0.3) is 0 Å². The number of benzene rings is 1. The molecule has 1 aromatic carbocycles. The topological polar surface area (TPSA) is 80.3 Å². The second-order valence-electron chi connectivity index (χ2n) is 6.32. The second kappa shape index (κ2) is 7.64. The van der Waals surface area contributed by atoms with E-state index < -0.39 is 33.5 Å². The van der Waals surface area contributed by atoms with Crippen molar-refractivity contribution in [2.75, 3.05) is 13.1 Å². The average Bonchev–Trinajstić information content (AvgIpc) is 2.62. The molecule has 0 unspecified atom stereocenters. The van der Waals surface area contributed by atoms with Gasteiger partial charge in [-0.25, -0.2) is 12.8 Å². The highest BCUT2D eigenvalue weighted by Gasteiger charge is 2.39. The van der Waals surface area contributed by atoms with Crippen molar-refractivity contribution in [3.63, 3.8) is 0 Å². The number of hydrogen-bond acceptors (Lipinski definition) is 5. The van der Waals surface area contributed by atoms with Crippen LogP contribution in [0.1, 0.15) is 18.5 Å². The largest absolute Gasteiger partial charge is 0.573 e. The molecular formula is C17H17F4N3O3S. The summed E-state index contributed by atoms with van der Waals surface area (Å²) < 4.78 is 82.1. The summed E-state index contributed by atoms with van der Waals surface area (Å²) in [5.41, 5.74) is -0.685. The first-order valence-corrected chi connectivity index (χ1v) is 9.81. The molecule has 2 N–H and O–H groups in total. The van der Waals surface area contributed by atoms with Crippen LogP contribution in [0.3, 0.4) is 0 Å². The third-order valence-corrected chi connectivity index (χ3v) is 5.92. The van der Waals surface area contributed by atoms with Gasteiger partial charge < -0.3 is 10.1 Å². The number of sulfonamides is 1. The predicted molar refractivity (Wildman–Crippen MR) is 91.4 cm³/mol. The maximum absolute atomic E-state index is 13.2. The van der Waals surface area contributed by atoms with Gasteiger partial charge in [-0.05, 0) is 62.3 Å². The van der Waals surface area contributed by atoms with E-state index in [9.17, 15) is 26.0 Å². The van der Waals surface area contributed by atoms with Crippen LogP contribution >= 0.6 is 0 Å². The lowest BCUT2D eigenvalue weighted by Gasteiger charge is -2.37. The van der Waals surface area contributed by atoms with Crippen molar-refractivity contribution >= 4 is 10.0 Å². The van der Waals surface area contributed by atoms with Gasteiger partial charge in [-0.3, -0.25) is 4.98 Å². The van der Waals surface area contributed by atoms with Crippen molar-refractivity contribution in [2.24, 2.45) is 0 Å². The van der Waals surface area contributed by atoms with Crippen LogP contribution in [-0.4, -0.2) is 32.9 Å². The molecule has 1 aliphatic heterocycles. The first-order chi connectivity index (χ1) is 13.1. The molecule has 0 atom stereocenters. The number of piperidine rings is 1. The molecule has 6 nitrogen and oxygen atoms in total. The summed E-state index contributed by atoms with van der Waals surface area (Å²) in [4.78, 5) is 3.81. The van der Waals surface area contributed by atoms with Crippen molar-refractivity contribution in [1.82, 2.24) is 15.0 Å². The fourth-order valence-electron chi connectivity index (χ4n) is 3.06. The molecule has 2 aromatic rings. The monoisotopic (exact) mass is 419 g/mol. The van der Waals surface area contributed by atoms with Crippen LogP contribution in [0.15, 0.2) is 47.5 Å². The number of alkyl halides is 3. The summed E-state index contributed by atoms with van der Waals surface area (Å²) in [7, 11) is -4.09. The number of pyridine rings is 1. The van der Waals surface area contributed by atoms with Gasteiger partial charge in [0.15, 0.2) is 0 Å². The van der Waals surface area contributed by atoms with Gasteiger partial charge in [-0.1, -0.05) is 0 Å². The predicted octanol–water partition coefficient (Wildman–Crippen LogP) is 2.68. The van der Waals surface area contributed by atoms with E-state index >= 15 is 0 Å². The normalized spacial score (nSPS) is 17.3. The van der Waals surface area contributed by atoms with Crippen molar-refractivity contribution in [1.29, 1.82) is 0 Å². The molecule has 1 aromatic heterocycles. The minimum atomic E-state index is -4.87. The van der Waals surface area contributed by atoms with Gasteiger partial charge in [-0.2, -0.15) is 4.72 Å². The Balaban J connectivity index is 1.88. The molecule has 0 saturated carbocycles. The van der Waals surface area contributed by atoms with Crippen LogP contribution in [0.4, 0.5) is 17.6 Å². The summed E-state index contributed by atoms with van der Waals surface area (Å²) in [6.45, 7) is 1.03. The van der Waals surface area contributed by atoms with Gasteiger partial charge in [0.2, 0.25) is 10.0 Å². The third-order valence-electron chi connectivity index (χ3n) is 4.37. The summed E-state index contributed by atoms with van der Waals surface area (Å²) in [5, 5.41) is 3.12. The number of aromatic nitrogens is 1. The molecule has 152 valence electrons. The number of halogens is 4. The quantitative estimate of drug-likeness (QED) is 0.729. The lowest BCUT2D eigenvalue weighted by molar-refractivity contribution is -0.274. The summed E-state index contributed by atoms with van der Waals surface area (Å²) in [6.07, 6.45) is -3.11. The van der Waals surface area contributed by atoms with Crippen molar-refractivity contribution < 1.29 is 30.7 Å². The first kappa shape index (κ1) is 20.5. The fraction of sp³-hybridized carbons (Fsp3) is 0.353. The van der Waals surface area contributed by atoms with Gasteiger partial charge >= 0.3 is 6.36 Å². The maximum Gasteiger partial charge on any atom is 0.573 e. The van der Waals surface area contributed by atoms with E-state index in [2.05, 4.69) is 19.8 Å². The lowest BCUT2D eigenvalue weighted by Crippen LogP contribution is -2.52. The van der Waals surface area contributed by atoms with Crippen LogP contribution in [-0.2, 0) is 15.6 Å². The van der Waals surface area contributed by atoms with Crippen molar-refractivity contribution in [2.45, 2.75) is 29.6 Å². The molecule has 2 heterocycles. The van der Waals surface area contributed by atoms with E-state index in [1.54, 1.807) is 0 Å². The Morgan fingerprint density at radius 2 is 1.71 bits per heavy atom. The number of nitrogens with one attached hydrogen (secondary N) is 2. The van der Waals surface area contributed by atoms with Crippen molar-refractivity contribution in [3.05, 3.63) is 54.1 Å². The van der Waals surface area contributed by atoms with Gasteiger partial charge in [0.25, 0.3) is 0 Å². The molecular weight excluding hydrogens is 402 g/mol. The Morgan fingerprint density at radius 3 is 2.25 bits per heavy atom. The van der Waals surface area contributed by atoms with Gasteiger partial charge in [0, 0.05) is 0 Å². The third kappa shape index (κ3) is 4.78. The zero-order valence-electron chi connectivity index (χ0n) is 14.5. The second-order valence-corrected chi connectivity index (χ2v) is 8.00. The van der Waals surface area contributed by atoms with Crippen LogP contribution in [0.5, 0.6) is 5.75 Å². The molecule has 28 heavy (non-hydrogen) atoms. The molecule has 1 saturated heterocycles. The average molecular weight is 419 g/mol. The SMILES string of the molecule is O=S(=O)(NC1(c2ccc(F)cn2)CCNCC1)c1ccc(OC(F)(F)F)cc1. The highest BCUT2D eigenvalue weighted by atomic mass is 32.2. The van der Waals surface area contributed by atoms with Gasteiger partial charge in [0.05, 0.1) is 22.3 Å². The number of rotatable bonds is 5. The Morgan fingerprint density at radius 1 is 1.07 bits per heavy atom. The van der Waals surface area contributed by atoms with E-state index in [1.807, 2.05) is 0 Å². The van der Waals surface area contributed by atoms with E-state index in [0.717, 1.165) is 30.5 Å². The Labute approximate surface area is 159 Å². The molecule has 0 amide bonds. The number of nitrogens with zero attached hydrogens (tertiary/aromatic N) is 1. The zero-order chi connectivity index (χ0) is 20.4. The Kier molecular flexibility index (Phi) is 5.60. The first-order valence-electron chi connectivity index (χ1n) is 8.32. The smallest absolute Gasteiger partial charge is 0.406 e. The standard InChI is InChI=1S/C17H17F4N3O3S/c18-12-1-6-15(23-11-12)16(7-9-22-10-8-16)24-28(25,26)14-4-2-13(3-5-14)27-17(19,20)21/h1-6,11,22,24H,7-10H2. The maximum atomic E-state index is 13.2. The Bertz CT molecular complexity index is 910.